The van der Waals surface area contributed by atoms with Gasteiger partial charge in [0, 0.05) is 17.0 Å². The van der Waals surface area contributed by atoms with Gasteiger partial charge in [0.1, 0.15) is 17.7 Å². The van der Waals surface area contributed by atoms with Gasteiger partial charge < -0.3 is 14.4 Å². The third-order valence-electron chi connectivity index (χ3n) is 6.12. The molecule has 0 unspecified atom stereocenters. The van der Waals surface area contributed by atoms with E-state index in [-0.39, 0.29) is 22.6 Å². The molecule has 1 aliphatic heterocycles. The summed E-state index contributed by atoms with van der Waals surface area (Å²) in [6.07, 6.45) is 7.37. The summed E-state index contributed by atoms with van der Waals surface area (Å²) in [6, 6.07) is -1.74. The molecule has 0 radical (unpaired) electrons. The van der Waals surface area contributed by atoms with Crippen LogP contribution in [0.5, 0.6) is 0 Å². The summed E-state index contributed by atoms with van der Waals surface area (Å²) in [5.74, 6) is -0.313. The molecule has 8 heteroatoms. The van der Waals surface area contributed by atoms with Crippen LogP contribution < -0.4 is 5.32 Å². The number of ether oxygens (including phenoxy) is 2. The average molecular weight is 471 g/mol. The van der Waals surface area contributed by atoms with E-state index < -0.39 is 23.7 Å². The Morgan fingerprint density at radius 1 is 1.16 bits per heavy atom. The minimum atomic E-state index is -0.604. The van der Waals surface area contributed by atoms with Gasteiger partial charge in [-0.05, 0) is 60.3 Å². The second-order valence-corrected chi connectivity index (χ2v) is 11.8. The van der Waals surface area contributed by atoms with Gasteiger partial charge in [0.2, 0.25) is 5.91 Å². The fraction of sp³-hybridized carbons (Fsp3) is 0.875. The van der Waals surface area contributed by atoms with Crippen molar-refractivity contribution in [2.75, 3.05) is 18.9 Å². The Morgan fingerprint density at radius 3 is 2.41 bits per heavy atom. The number of rotatable bonds is 9. The lowest BCUT2D eigenvalue weighted by Crippen LogP contribution is -2.54. The molecule has 1 heterocycles. The van der Waals surface area contributed by atoms with Gasteiger partial charge in [-0.2, -0.15) is 11.8 Å². The second-order valence-electron chi connectivity index (χ2n) is 10.2. The number of hydrogen-bond donors (Lipinski definition) is 1. The maximum Gasteiger partial charge on any atom is 0.329 e. The molecule has 2 fully saturated rings. The molecule has 3 atom stereocenters. The maximum atomic E-state index is 13.2. The van der Waals surface area contributed by atoms with Crippen molar-refractivity contribution in [1.29, 1.82) is 0 Å². The summed E-state index contributed by atoms with van der Waals surface area (Å²) in [5, 5.41) is 3.20. The maximum absolute atomic E-state index is 13.2. The van der Waals surface area contributed by atoms with E-state index in [0.29, 0.717) is 25.3 Å². The fourth-order valence-corrected chi connectivity index (χ4v) is 5.80. The molecule has 1 saturated heterocycles. The highest BCUT2D eigenvalue weighted by Gasteiger charge is 2.39. The number of thioether (sulfide) groups is 1. The molecular formula is C24H42N2O5S. The zero-order valence-corrected chi connectivity index (χ0v) is 21.5. The van der Waals surface area contributed by atoms with Crippen molar-refractivity contribution in [3.05, 3.63) is 0 Å². The van der Waals surface area contributed by atoms with Gasteiger partial charge in [0.15, 0.2) is 0 Å². The summed E-state index contributed by atoms with van der Waals surface area (Å²) >= 11 is 1.80. The molecule has 1 saturated carbocycles. The molecule has 0 bridgehead atoms. The van der Waals surface area contributed by atoms with E-state index in [2.05, 4.69) is 12.2 Å². The van der Waals surface area contributed by atoms with E-state index >= 15 is 0 Å². The van der Waals surface area contributed by atoms with E-state index in [1.807, 2.05) is 20.8 Å². The highest BCUT2D eigenvalue weighted by atomic mass is 32.2. The number of nitrogens with one attached hydrogen (secondary N) is 1. The summed E-state index contributed by atoms with van der Waals surface area (Å²) in [5.41, 5.74) is -0.598. The summed E-state index contributed by atoms with van der Waals surface area (Å²) < 4.78 is 11.0. The van der Waals surface area contributed by atoms with Crippen molar-refractivity contribution in [1.82, 2.24) is 10.2 Å². The molecule has 1 aliphatic carbocycles. The summed E-state index contributed by atoms with van der Waals surface area (Å²) in [7, 11) is 0. The Bertz CT molecular complexity index is 657. The lowest BCUT2D eigenvalue weighted by atomic mass is 9.90. The molecule has 0 aromatic heterocycles. The van der Waals surface area contributed by atoms with Crippen LogP contribution in [-0.4, -0.2) is 70.1 Å². The number of hydrogen-bond acceptors (Lipinski definition) is 7. The van der Waals surface area contributed by atoms with E-state index in [9.17, 15) is 14.4 Å². The Kier molecular flexibility index (Phi) is 9.88. The number of amides is 1. The number of likely N-dealkylation sites (tertiary alicyclic amines) is 1. The van der Waals surface area contributed by atoms with Gasteiger partial charge in [0.05, 0.1) is 12.6 Å². The highest BCUT2D eigenvalue weighted by Crippen LogP contribution is 2.39. The summed E-state index contributed by atoms with van der Waals surface area (Å²) in [4.78, 5) is 40.1. The standard InChI is InChI=1S/C24H42N2O5S/c1-7-30-21(28)18(16-32-24(6)13-9-8-10-14-24)25-17(2)20(27)26-15-11-12-19(26)22(29)31-23(3,4)5/h17-19,25H,7-16H2,1-6H3/t17-,18-,19-/m0/s1. The van der Waals surface area contributed by atoms with E-state index in [0.717, 1.165) is 19.3 Å². The lowest BCUT2D eigenvalue weighted by Gasteiger charge is -2.34. The molecule has 2 aliphatic rings. The van der Waals surface area contributed by atoms with Crippen LogP contribution in [0.25, 0.3) is 0 Å². The van der Waals surface area contributed by atoms with Crippen LogP contribution in [0.3, 0.4) is 0 Å². The SMILES string of the molecule is CCOC(=O)[C@H](CSC1(C)CCCCC1)N[C@@H](C)C(=O)N1CCC[C@H]1C(=O)OC(C)(C)C. The van der Waals surface area contributed by atoms with Crippen molar-refractivity contribution in [2.45, 2.75) is 115 Å². The second kappa shape index (κ2) is 11.7. The Morgan fingerprint density at radius 2 is 1.81 bits per heavy atom. The van der Waals surface area contributed by atoms with Crippen molar-refractivity contribution in [3.8, 4) is 0 Å². The topological polar surface area (TPSA) is 84.9 Å². The van der Waals surface area contributed by atoms with E-state index in [4.69, 9.17) is 9.47 Å². The van der Waals surface area contributed by atoms with Gasteiger partial charge in [-0.1, -0.05) is 26.2 Å². The van der Waals surface area contributed by atoms with Crippen LogP contribution in [0.15, 0.2) is 0 Å². The zero-order chi connectivity index (χ0) is 23.9. The molecule has 32 heavy (non-hydrogen) atoms. The minimum absolute atomic E-state index is 0.161. The lowest BCUT2D eigenvalue weighted by molar-refractivity contribution is -0.163. The Hall–Kier alpha value is -1.28. The molecule has 1 amide bonds. The van der Waals surface area contributed by atoms with Crippen LogP contribution >= 0.6 is 11.8 Å². The molecule has 184 valence electrons. The molecule has 7 nitrogen and oxygen atoms in total. The first kappa shape index (κ1) is 27.0. The monoisotopic (exact) mass is 470 g/mol. The van der Waals surface area contributed by atoms with Crippen LogP contribution in [-0.2, 0) is 23.9 Å². The molecule has 0 aromatic carbocycles. The largest absolute Gasteiger partial charge is 0.465 e. The Balaban J connectivity index is 2.02. The van der Waals surface area contributed by atoms with Crippen LogP contribution in [0.1, 0.15) is 86.5 Å². The summed E-state index contributed by atoms with van der Waals surface area (Å²) in [6.45, 7) is 12.1. The van der Waals surface area contributed by atoms with Crippen molar-refractivity contribution in [3.63, 3.8) is 0 Å². The first-order valence-electron chi connectivity index (χ1n) is 12.1. The predicted octanol–water partition coefficient (Wildman–Crippen LogP) is 3.68. The predicted molar refractivity (Wildman–Crippen MR) is 128 cm³/mol. The number of nitrogens with zero attached hydrogens (tertiary/aromatic N) is 1. The molecular weight excluding hydrogens is 428 g/mol. The normalized spacial score (nSPS) is 22.8. The van der Waals surface area contributed by atoms with Crippen LogP contribution in [0.4, 0.5) is 0 Å². The van der Waals surface area contributed by atoms with Crippen molar-refractivity contribution >= 4 is 29.6 Å². The van der Waals surface area contributed by atoms with Crippen molar-refractivity contribution < 1.29 is 23.9 Å². The first-order valence-corrected chi connectivity index (χ1v) is 13.0. The van der Waals surface area contributed by atoms with Gasteiger partial charge in [-0.3, -0.25) is 14.9 Å². The number of carbonyl (C=O) groups excluding carboxylic acids is 3. The van der Waals surface area contributed by atoms with Gasteiger partial charge in [-0.15, -0.1) is 0 Å². The minimum Gasteiger partial charge on any atom is -0.465 e. The third-order valence-corrected chi connectivity index (χ3v) is 7.72. The number of carbonyl (C=O) groups is 3. The molecule has 1 N–H and O–H groups in total. The molecule has 0 spiro atoms. The van der Waals surface area contributed by atoms with Crippen LogP contribution in [0, 0.1) is 0 Å². The quantitative estimate of drug-likeness (QED) is 0.515. The van der Waals surface area contributed by atoms with Gasteiger partial charge >= 0.3 is 11.9 Å². The molecule has 2 rings (SSSR count). The highest BCUT2D eigenvalue weighted by molar-refractivity contribution is 8.00. The smallest absolute Gasteiger partial charge is 0.329 e. The van der Waals surface area contributed by atoms with Gasteiger partial charge in [0.25, 0.3) is 0 Å². The molecule has 0 aromatic rings. The first-order chi connectivity index (χ1) is 15.0. The van der Waals surface area contributed by atoms with Crippen LogP contribution in [0.2, 0.25) is 0 Å². The van der Waals surface area contributed by atoms with Gasteiger partial charge in [-0.25, -0.2) is 4.79 Å². The number of esters is 2. The average Bonchev–Trinajstić information content (AvgIpc) is 3.20. The Labute approximate surface area is 197 Å². The fourth-order valence-electron chi connectivity index (χ4n) is 4.42. The zero-order valence-electron chi connectivity index (χ0n) is 20.7. The third kappa shape index (κ3) is 7.94. The van der Waals surface area contributed by atoms with E-state index in [1.165, 1.54) is 19.3 Å². The van der Waals surface area contributed by atoms with E-state index in [1.54, 1.807) is 30.5 Å². The van der Waals surface area contributed by atoms with Crippen molar-refractivity contribution in [2.24, 2.45) is 0 Å².